The Morgan fingerprint density at radius 3 is 2.65 bits per heavy atom. The van der Waals surface area contributed by atoms with Crippen molar-refractivity contribution in [1.82, 2.24) is 10.2 Å². The van der Waals surface area contributed by atoms with Crippen LogP contribution in [0.5, 0.6) is 0 Å². The summed E-state index contributed by atoms with van der Waals surface area (Å²) in [6.07, 6.45) is 0.377. The van der Waals surface area contributed by atoms with Gasteiger partial charge in [-0.3, -0.25) is 9.59 Å². The highest BCUT2D eigenvalue weighted by atomic mass is 32.2. The minimum Gasteiger partial charge on any atom is -0.480 e. The summed E-state index contributed by atoms with van der Waals surface area (Å²) in [5.41, 5.74) is 0. The number of nitrogens with zero attached hydrogens (tertiary/aromatic N) is 1. The third kappa shape index (κ3) is 3.27. The number of carbonyl (C=O) groups is 3. The molecule has 2 amide bonds. The summed E-state index contributed by atoms with van der Waals surface area (Å²) in [4.78, 5) is 35.5. The van der Waals surface area contributed by atoms with Crippen LogP contribution in [-0.4, -0.2) is 66.8 Å². The normalized spacial score (nSPS) is 29.0. The highest BCUT2D eigenvalue weighted by Gasteiger charge is 2.37. The first-order valence-electron chi connectivity index (χ1n) is 6.28. The van der Waals surface area contributed by atoms with Crippen LogP contribution in [0.1, 0.15) is 12.8 Å². The second-order valence-electron chi connectivity index (χ2n) is 5.15. The standard InChI is InChI=1S/C11H16N2O6S/c14-9-5-13(8(4-12-9)11(16)17)10(15)3-7-1-2-20(18,19)6-7/h7-8H,1-6H2,(H,12,14)(H,16,17). The van der Waals surface area contributed by atoms with E-state index in [0.29, 0.717) is 6.42 Å². The summed E-state index contributed by atoms with van der Waals surface area (Å²) in [5, 5.41) is 11.4. The smallest absolute Gasteiger partial charge is 0.328 e. The predicted molar refractivity (Wildman–Crippen MR) is 67.5 cm³/mol. The molecule has 2 aliphatic rings. The number of nitrogens with one attached hydrogen (secondary N) is 1. The maximum absolute atomic E-state index is 12.1. The molecule has 112 valence electrons. The fourth-order valence-corrected chi connectivity index (χ4v) is 4.38. The lowest BCUT2D eigenvalue weighted by Crippen LogP contribution is -2.59. The molecule has 0 radical (unpaired) electrons. The van der Waals surface area contributed by atoms with E-state index < -0.39 is 33.7 Å². The first kappa shape index (κ1) is 14.8. The Labute approximate surface area is 116 Å². The third-order valence-electron chi connectivity index (χ3n) is 3.58. The Kier molecular flexibility index (Phi) is 3.98. The van der Waals surface area contributed by atoms with Gasteiger partial charge < -0.3 is 15.3 Å². The number of carbonyl (C=O) groups excluding carboxylic acids is 2. The number of carboxylic acid groups (broad SMARTS) is 1. The van der Waals surface area contributed by atoms with Gasteiger partial charge in [0.15, 0.2) is 9.84 Å². The molecule has 20 heavy (non-hydrogen) atoms. The SMILES string of the molecule is O=C1CN(C(=O)CC2CCS(=O)(=O)C2)C(C(=O)O)CN1. The first-order valence-corrected chi connectivity index (χ1v) is 8.10. The number of carboxylic acids is 1. The van der Waals surface area contributed by atoms with E-state index in [2.05, 4.69) is 5.32 Å². The van der Waals surface area contributed by atoms with Crippen LogP contribution < -0.4 is 5.32 Å². The Hall–Kier alpha value is -1.64. The van der Waals surface area contributed by atoms with Crippen molar-refractivity contribution in [3.8, 4) is 0 Å². The van der Waals surface area contributed by atoms with Crippen LogP contribution in [0.15, 0.2) is 0 Å². The van der Waals surface area contributed by atoms with Crippen molar-refractivity contribution in [3.63, 3.8) is 0 Å². The molecule has 2 heterocycles. The summed E-state index contributed by atoms with van der Waals surface area (Å²) in [6.45, 7) is -0.419. The van der Waals surface area contributed by atoms with Crippen molar-refractivity contribution in [2.75, 3.05) is 24.6 Å². The number of hydrogen-bond acceptors (Lipinski definition) is 5. The molecular weight excluding hydrogens is 288 g/mol. The fraction of sp³-hybridized carbons (Fsp3) is 0.727. The molecule has 2 N–H and O–H groups in total. The number of sulfone groups is 1. The molecule has 2 unspecified atom stereocenters. The van der Waals surface area contributed by atoms with E-state index >= 15 is 0 Å². The molecule has 0 aliphatic carbocycles. The van der Waals surface area contributed by atoms with Gasteiger partial charge in [0.25, 0.3) is 0 Å². The van der Waals surface area contributed by atoms with Gasteiger partial charge in [0.1, 0.15) is 12.6 Å². The van der Waals surface area contributed by atoms with Crippen molar-refractivity contribution in [3.05, 3.63) is 0 Å². The van der Waals surface area contributed by atoms with Crippen LogP contribution >= 0.6 is 0 Å². The highest BCUT2D eigenvalue weighted by molar-refractivity contribution is 7.91. The van der Waals surface area contributed by atoms with E-state index in [9.17, 15) is 22.8 Å². The van der Waals surface area contributed by atoms with Crippen LogP contribution in [0.4, 0.5) is 0 Å². The van der Waals surface area contributed by atoms with E-state index in [-0.39, 0.29) is 36.9 Å². The van der Waals surface area contributed by atoms with Crippen LogP contribution in [0, 0.1) is 5.92 Å². The van der Waals surface area contributed by atoms with Gasteiger partial charge in [-0.25, -0.2) is 13.2 Å². The molecule has 0 aromatic heterocycles. The largest absolute Gasteiger partial charge is 0.480 e. The molecule has 2 saturated heterocycles. The number of amides is 2. The van der Waals surface area contributed by atoms with Crippen molar-refractivity contribution >= 4 is 27.6 Å². The Bertz CT molecular complexity index is 543. The van der Waals surface area contributed by atoms with Crippen LogP contribution in [0.2, 0.25) is 0 Å². The zero-order valence-electron chi connectivity index (χ0n) is 10.7. The monoisotopic (exact) mass is 304 g/mol. The molecule has 2 rings (SSSR count). The molecule has 0 spiro atoms. The van der Waals surface area contributed by atoms with Gasteiger partial charge in [-0.1, -0.05) is 0 Å². The third-order valence-corrected chi connectivity index (χ3v) is 5.42. The fourth-order valence-electron chi connectivity index (χ4n) is 2.52. The number of piperazine rings is 1. The molecule has 2 atom stereocenters. The minimum atomic E-state index is -3.08. The molecule has 0 aromatic rings. The van der Waals surface area contributed by atoms with Crippen LogP contribution in [0.3, 0.4) is 0 Å². The number of rotatable bonds is 3. The van der Waals surface area contributed by atoms with Gasteiger partial charge in [-0.15, -0.1) is 0 Å². The summed E-state index contributed by atoms with van der Waals surface area (Å²) < 4.78 is 22.7. The zero-order valence-corrected chi connectivity index (χ0v) is 11.6. The van der Waals surface area contributed by atoms with E-state index in [4.69, 9.17) is 5.11 Å². The van der Waals surface area contributed by atoms with Crippen LogP contribution in [-0.2, 0) is 24.2 Å². The molecule has 8 nitrogen and oxygen atoms in total. The summed E-state index contributed by atoms with van der Waals surface area (Å²) >= 11 is 0. The van der Waals surface area contributed by atoms with Crippen molar-refractivity contribution in [2.24, 2.45) is 5.92 Å². The maximum atomic E-state index is 12.1. The average molecular weight is 304 g/mol. The van der Waals surface area contributed by atoms with E-state index in [1.807, 2.05) is 0 Å². The van der Waals surface area contributed by atoms with Crippen molar-refractivity contribution < 1.29 is 27.9 Å². The van der Waals surface area contributed by atoms with Gasteiger partial charge in [0, 0.05) is 13.0 Å². The molecule has 2 fully saturated rings. The lowest BCUT2D eigenvalue weighted by molar-refractivity contribution is -0.154. The average Bonchev–Trinajstić information content (AvgIpc) is 2.68. The molecule has 2 aliphatic heterocycles. The Morgan fingerprint density at radius 1 is 1.40 bits per heavy atom. The molecular formula is C11H16N2O6S. The van der Waals surface area contributed by atoms with Gasteiger partial charge in [-0.2, -0.15) is 0 Å². The van der Waals surface area contributed by atoms with Gasteiger partial charge in [-0.05, 0) is 12.3 Å². The van der Waals surface area contributed by atoms with Gasteiger partial charge in [0.05, 0.1) is 11.5 Å². The number of aliphatic carboxylic acids is 1. The zero-order chi connectivity index (χ0) is 14.9. The van der Waals surface area contributed by atoms with E-state index in [1.165, 1.54) is 0 Å². The Balaban J connectivity index is 2.02. The molecule has 0 bridgehead atoms. The van der Waals surface area contributed by atoms with Crippen molar-refractivity contribution in [1.29, 1.82) is 0 Å². The predicted octanol–water partition coefficient (Wildman–Crippen LogP) is -1.78. The van der Waals surface area contributed by atoms with Crippen molar-refractivity contribution in [2.45, 2.75) is 18.9 Å². The van der Waals surface area contributed by atoms with Gasteiger partial charge >= 0.3 is 5.97 Å². The second-order valence-corrected chi connectivity index (χ2v) is 7.38. The molecule has 0 saturated carbocycles. The lowest BCUT2D eigenvalue weighted by Gasteiger charge is -2.33. The Morgan fingerprint density at radius 2 is 2.10 bits per heavy atom. The quantitative estimate of drug-likeness (QED) is 0.636. The topological polar surface area (TPSA) is 121 Å². The molecule has 9 heteroatoms. The molecule has 0 aromatic carbocycles. The summed E-state index contributed by atoms with van der Waals surface area (Å²) in [5.74, 6) is -2.34. The second kappa shape index (κ2) is 5.39. The maximum Gasteiger partial charge on any atom is 0.328 e. The minimum absolute atomic E-state index is 0.0315. The number of hydrogen-bond donors (Lipinski definition) is 2. The van der Waals surface area contributed by atoms with Gasteiger partial charge in [0.2, 0.25) is 11.8 Å². The van der Waals surface area contributed by atoms with E-state index in [0.717, 1.165) is 4.90 Å². The highest BCUT2D eigenvalue weighted by Crippen LogP contribution is 2.23. The van der Waals surface area contributed by atoms with Crippen LogP contribution in [0.25, 0.3) is 0 Å². The summed E-state index contributed by atoms with van der Waals surface area (Å²) in [6, 6.07) is -1.08. The van der Waals surface area contributed by atoms with E-state index in [1.54, 1.807) is 0 Å². The summed E-state index contributed by atoms with van der Waals surface area (Å²) in [7, 11) is -3.08. The lowest BCUT2D eigenvalue weighted by atomic mass is 10.0. The first-order chi connectivity index (χ1) is 9.28.